The van der Waals surface area contributed by atoms with E-state index in [-0.39, 0.29) is 6.04 Å². The average Bonchev–Trinajstić information content (AvgIpc) is 2.79. The molecule has 0 amide bonds. The molecule has 0 radical (unpaired) electrons. The summed E-state index contributed by atoms with van der Waals surface area (Å²) in [6.45, 7) is 0. The van der Waals surface area contributed by atoms with E-state index in [1.54, 1.807) is 22.7 Å². The van der Waals surface area contributed by atoms with Crippen molar-refractivity contribution < 1.29 is 0 Å². The van der Waals surface area contributed by atoms with E-state index in [0.717, 1.165) is 4.47 Å². The molecule has 0 spiro atoms. The van der Waals surface area contributed by atoms with E-state index in [1.807, 2.05) is 7.05 Å². The van der Waals surface area contributed by atoms with E-state index in [0.29, 0.717) is 0 Å². The van der Waals surface area contributed by atoms with E-state index in [4.69, 9.17) is 0 Å². The van der Waals surface area contributed by atoms with Gasteiger partial charge in [-0.15, -0.1) is 11.3 Å². The van der Waals surface area contributed by atoms with Crippen LogP contribution in [0.25, 0.3) is 0 Å². The Morgan fingerprint density at radius 3 is 2.53 bits per heavy atom. The number of halogens is 2. The number of thiophene rings is 2. The van der Waals surface area contributed by atoms with Gasteiger partial charge in [-0.05, 0) is 55.9 Å². The zero-order chi connectivity index (χ0) is 10.8. The Morgan fingerprint density at radius 1 is 1.27 bits per heavy atom. The third kappa shape index (κ3) is 2.53. The molecular weight excluding hydrogens is 358 g/mol. The molecule has 2 heterocycles. The highest BCUT2D eigenvalue weighted by Crippen LogP contribution is 2.35. The van der Waals surface area contributed by atoms with E-state index in [2.05, 4.69) is 59.4 Å². The monoisotopic (exact) mass is 365 g/mol. The summed E-state index contributed by atoms with van der Waals surface area (Å²) in [5, 5.41) is 9.75. The summed E-state index contributed by atoms with van der Waals surface area (Å²) in [5.74, 6) is 0. The second-order valence-electron chi connectivity index (χ2n) is 3.06. The van der Waals surface area contributed by atoms with Crippen LogP contribution in [0.5, 0.6) is 0 Å². The van der Waals surface area contributed by atoms with Gasteiger partial charge in [0.15, 0.2) is 0 Å². The van der Waals surface area contributed by atoms with Crippen LogP contribution in [0.1, 0.15) is 16.5 Å². The van der Waals surface area contributed by atoms with Gasteiger partial charge in [-0.25, -0.2) is 0 Å². The Balaban J connectivity index is 2.36. The molecule has 0 saturated carbocycles. The Hall–Kier alpha value is 0.320. The van der Waals surface area contributed by atoms with Crippen molar-refractivity contribution >= 4 is 54.5 Å². The molecule has 2 aromatic rings. The smallest absolute Gasteiger partial charge is 0.0688 e. The quantitative estimate of drug-likeness (QED) is 0.833. The highest BCUT2D eigenvalue weighted by atomic mass is 79.9. The van der Waals surface area contributed by atoms with Gasteiger partial charge in [0.25, 0.3) is 0 Å². The summed E-state index contributed by atoms with van der Waals surface area (Å²) in [4.78, 5) is 1.32. The predicted octanol–water partition coefficient (Wildman–Crippen LogP) is 4.64. The van der Waals surface area contributed by atoms with Crippen molar-refractivity contribution in [2.75, 3.05) is 7.05 Å². The Labute approximate surface area is 114 Å². The largest absolute Gasteiger partial charge is 0.309 e. The third-order valence-electron chi connectivity index (χ3n) is 2.11. The summed E-state index contributed by atoms with van der Waals surface area (Å²) >= 11 is 10.5. The molecule has 2 aromatic heterocycles. The molecule has 0 aromatic carbocycles. The second kappa shape index (κ2) is 5.10. The highest BCUT2D eigenvalue weighted by Gasteiger charge is 2.17. The molecule has 80 valence electrons. The maximum atomic E-state index is 3.58. The summed E-state index contributed by atoms with van der Waals surface area (Å²) in [5.41, 5.74) is 1.30. The Kier molecular flexibility index (Phi) is 4.01. The Bertz CT molecular complexity index is 450. The number of hydrogen-bond donors (Lipinski definition) is 1. The van der Waals surface area contributed by atoms with E-state index >= 15 is 0 Å². The van der Waals surface area contributed by atoms with Crippen molar-refractivity contribution in [2.24, 2.45) is 0 Å². The molecule has 0 saturated heterocycles. The van der Waals surface area contributed by atoms with Gasteiger partial charge in [0.1, 0.15) is 0 Å². The summed E-state index contributed by atoms with van der Waals surface area (Å²) in [6.07, 6.45) is 0. The second-order valence-corrected chi connectivity index (χ2v) is 6.52. The molecule has 1 atom stereocenters. The van der Waals surface area contributed by atoms with Gasteiger partial charge >= 0.3 is 0 Å². The van der Waals surface area contributed by atoms with E-state index in [1.165, 1.54) is 14.9 Å². The zero-order valence-corrected chi connectivity index (χ0v) is 12.8. The molecule has 0 bridgehead atoms. The fourth-order valence-electron chi connectivity index (χ4n) is 1.43. The van der Waals surface area contributed by atoms with E-state index < -0.39 is 0 Å². The zero-order valence-electron chi connectivity index (χ0n) is 7.96. The van der Waals surface area contributed by atoms with Gasteiger partial charge in [-0.2, -0.15) is 11.3 Å². The van der Waals surface area contributed by atoms with Crippen molar-refractivity contribution in [3.8, 4) is 0 Å². The normalized spacial score (nSPS) is 13.0. The van der Waals surface area contributed by atoms with Crippen molar-refractivity contribution in [1.29, 1.82) is 0 Å². The fourth-order valence-corrected chi connectivity index (χ4v) is 4.55. The van der Waals surface area contributed by atoms with Crippen LogP contribution in [0.3, 0.4) is 0 Å². The third-order valence-corrected chi connectivity index (χ3v) is 5.62. The molecule has 15 heavy (non-hydrogen) atoms. The molecule has 5 heteroatoms. The minimum absolute atomic E-state index is 0.280. The molecule has 0 fully saturated rings. The van der Waals surface area contributed by atoms with Gasteiger partial charge in [0.2, 0.25) is 0 Å². The van der Waals surface area contributed by atoms with Gasteiger partial charge in [-0.1, -0.05) is 0 Å². The maximum absolute atomic E-state index is 3.58. The topological polar surface area (TPSA) is 12.0 Å². The number of rotatable bonds is 3. The predicted molar refractivity (Wildman–Crippen MR) is 74.9 cm³/mol. The number of nitrogens with one attached hydrogen (secondary N) is 1. The molecule has 1 unspecified atom stereocenters. The molecule has 0 aliphatic carbocycles. The first kappa shape index (κ1) is 11.8. The summed E-state index contributed by atoms with van der Waals surface area (Å²) < 4.78 is 2.32. The molecule has 0 aliphatic rings. The van der Waals surface area contributed by atoms with Gasteiger partial charge in [-0.3, -0.25) is 0 Å². The molecule has 1 nitrogen and oxygen atoms in total. The van der Waals surface area contributed by atoms with Crippen LogP contribution in [0.4, 0.5) is 0 Å². The van der Waals surface area contributed by atoms with Crippen molar-refractivity contribution in [2.45, 2.75) is 6.04 Å². The highest BCUT2D eigenvalue weighted by molar-refractivity contribution is 9.10. The maximum Gasteiger partial charge on any atom is 0.0688 e. The lowest BCUT2D eigenvalue weighted by Gasteiger charge is -2.13. The van der Waals surface area contributed by atoms with Gasteiger partial charge < -0.3 is 5.32 Å². The standard InChI is InChI=1S/C10H9Br2NS2/c1-13-10(7-4-14-5-8(7)12)9-2-6(11)3-15-9/h2-5,10,13H,1H3. The Morgan fingerprint density at radius 2 is 2.07 bits per heavy atom. The SMILES string of the molecule is CNC(c1cc(Br)cs1)c1cscc1Br. The first-order chi connectivity index (χ1) is 7.22. The minimum Gasteiger partial charge on any atom is -0.309 e. The van der Waals surface area contributed by atoms with Crippen molar-refractivity contribution in [3.05, 3.63) is 41.6 Å². The van der Waals surface area contributed by atoms with Crippen LogP contribution in [0.2, 0.25) is 0 Å². The van der Waals surface area contributed by atoms with Crippen LogP contribution in [-0.4, -0.2) is 7.05 Å². The molecule has 1 N–H and O–H groups in total. The lowest BCUT2D eigenvalue weighted by Crippen LogP contribution is -2.16. The van der Waals surface area contributed by atoms with Crippen LogP contribution in [0, 0.1) is 0 Å². The molecule has 2 rings (SSSR count). The van der Waals surface area contributed by atoms with Crippen LogP contribution in [0.15, 0.2) is 31.2 Å². The van der Waals surface area contributed by atoms with Gasteiger partial charge in [0, 0.05) is 24.6 Å². The lowest BCUT2D eigenvalue weighted by molar-refractivity contribution is 0.703. The summed E-state index contributed by atoms with van der Waals surface area (Å²) in [6, 6.07) is 2.44. The lowest BCUT2D eigenvalue weighted by atomic mass is 10.1. The van der Waals surface area contributed by atoms with Crippen LogP contribution in [-0.2, 0) is 0 Å². The summed E-state index contributed by atoms with van der Waals surface area (Å²) in [7, 11) is 1.99. The van der Waals surface area contributed by atoms with Crippen LogP contribution >= 0.6 is 54.5 Å². The van der Waals surface area contributed by atoms with Gasteiger partial charge in [0.05, 0.1) is 6.04 Å². The first-order valence-electron chi connectivity index (χ1n) is 4.35. The first-order valence-corrected chi connectivity index (χ1v) is 7.76. The molecular formula is C10H9Br2NS2. The number of hydrogen-bond acceptors (Lipinski definition) is 3. The van der Waals surface area contributed by atoms with E-state index in [9.17, 15) is 0 Å². The molecule has 0 aliphatic heterocycles. The van der Waals surface area contributed by atoms with Crippen molar-refractivity contribution in [3.63, 3.8) is 0 Å². The van der Waals surface area contributed by atoms with Crippen LogP contribution < -0.4 is 5.32 Å². The minimum atomic E-state index is 0.280. The van der Waals surface area contributed by atoms with Crippen molar-refractivity contribution in [1.82, 2.24) is 5.32 Å². The average molecular weight is 367 g/mol. The fraction of sp³-hybridized carbons (Fsp3) is 0.200.